The molecule has 0 bridgehead atoms. The van der Waals surface area contributed by atoms with Gasteiger partial charge in [0.05, 0.1) is 11.8 Å². The van der Waals surface area contributed by atoms with Gasteiger partial charge in [0.15, 0.2) is 0 Å². The van der Waals surface area contributed by atoms with E-state index in [-0.39, 0.29) is 11.7 Å². The summed E-state index contributed by atoms with van der Waals surface area (Å²) in [4.78, 5) is 11.7. The quantitative estimate of drug-likeness (QED) is 0.907. The monoisotopic (exact) mass is 282 g/mol. The molecule has 0 heterocycles. The van der Waals surface area contributed by atoms with Gasteiger partial charge in [-0.1, -0.05) is 0 Å². The third-order valence-corrected chi connectivity index (χ3v) is 3.23. The number of nitriles is 1. The van der Waals surface area contributed by atoms with Crippen LogP contribution < -0.4 is 5.32 Å². The van der Waals surface area contributed by atoms with Gasteiger partial charge in [0.1, 0.15) is 11.2 Å². The molecule has 1 aromatic rings. The Morgan fingerprint density at radius 2 is 2.25 bits per heavy atom. The summed E-state index contributed by atoms with van der Waals surface area (Å²) in [6.45, 7) is 0. The molecule has 1 aliphatic rings. The number of hydrogen-bond donors (Lipinski definition) is 1. The van der Waals surface area contributed by atoms with Crippen molar-refractivity contribution >= 4 is 27.5 Å². The van der Waals surface area contributed by atoms with E-state index in [0.717, 1.165) is 0 Å². The van der Waals surface area contributed by atoms with Crippen LogP contribution in [-0.2, 0) is 4.79 Å². The Morgan fingerprint density at radius 1 is 1.56 bits per heavy atom. The highest BCUT2D eigenvalue weighted by Crippen LogP contribution is 2.46. The predicted molar refractivity (Wildman–Crippen MR) is 60.0 cm³/mol. The van der Waals surface area contributed by atoms with Crippen LogP contribution in [0, 0.1) is 22.6 Å². The number of anilines is 1. The van der Waals surface area contributed by atoms with E-state index in [0.29, 0.717) is 23.0 Å². The normalized spacial score (nSPS) is 16.3. The second-order valence-electron chi connectivity index (χ2n) is 3.77. The van der Waals surface area contributed by atoms with Crippen molar-refractivity contribution in [3.63, 3.8) is 0 Å². The molecule has 82 valence electrons. The van der Waals surface area contributed by atoms with Crippen LogP contribution in [0.3, 0.4) is 0 Å². The molecule has 0 radical (unpaired) electrons. The van der Waals surface area contributed by atoms with E-state index < -0.39 is 5.41 Å². The van der Waals surface area contributed by atoms with E-state index in [1.165, 1.54) is 18.2 Å². The predicted octanol–water partition coefficient (Wildman–Crippen LogP) is 2.83. The summed E-state index contributed by atoms with van der Waals surface area (Å²) >= 11 is 3.15. The number of amides is 1. The van der Waals surface area contributed by atoms with Crippen molar-refractivity contribution in [3.8, 4) is 6.07 Å². The lowest BCUT2D eigenvalue weighted by Gasteiger charge is -2.09. The molecule has 1 saturated carbocycles. The van der Waals surface area contributed by atoms with Crippen molar-refractivity contribution in [2.45, 2.75) is 12.8 Å². The van der Waals surface area contributed by atoms with Crippen LogP contribution in [0.5, 0.6) is 0 Å². The number of nitrogens with zero attached hydrogens (tertiary/aromatic N) is 1. The van der Waals surface area contributed by atoms with E-state index in [1.807, 2.05) is 6.07 Å². The van der Waals surface area contributed by atoms with Crippen LogP contribution >= 0.6 is 15.9 Å². The average molecular weight is 283 g/mol. The minimum atomic E-state index is -0.867. The van der Waals surface area contributed by atoms with E-state index in [4.69, 9.17) is 5.26 Å². The lowest BCUT2D eigenvalue weighted by molar-refractivity contribution is -0.119. The molecule has 5 heteroatoms. The molecule has 0 aromatic heterocycles. The van der Waals surface area contributed by atoms with Gasteiger partial charge < -0.3 is 5.32 Å². The first kappa shape index (κ1) is 11.1. The Morgan fingerprint density at radius 3 is 2.75 bits per heavy atom. The first-order valence-electron chi connectivity index (χ1n) is 4.75. The molecule has 0 atom stereocenters. The number of rotatable bonds is 2. The van der Waals surface area contributed by atoms with Gasteiger partial charge in [0.25, 0.3) is 0 Å². The average Bonchev–Trinajstić information content (AvgIpc) is 3.03. The highest BCUT2D eigenvalue weighted by atomic mass is 79.9. The Kier molecular flexibility index (Phi) is 2.68. The van der Waals surface area contributed by atoms with Gasteiger partial charge in [0.2, 0.25) is 5.91 Å². The second kappa shape index (κ2) is 3.87. The SMILES string of the molecule is N#CC1(C(=O)Nc2ccc(F)cc2Br)CC1. The van der Waals surface area contributed by atoms with Crippen molar-refractivity contribution < 1.29 is 9.18 Å². The minimum Gasteiger partial charge on any atom is -0.324 e. The molecule has 2 rings (SSSR count). The van der Waals surface area contributed by atoms with Crippen LogP contribution in [0.25, 0.3) is 0 Å². The van der Waals surface area contributed by atoms with Crippen molar-refractivity contribution in [2.24, 2.45) is 5.41 Å². The molecule has 16 heavy (non-hydrogen) atoms. The van der Waals surface area contributed by atoms with Gasteiger partial charge in [-0.25, -0.2) is 4.39 Å². The fourth-order valence-electron chi connectivity index (χ4n) is 1.35. The van der Waals surface area contributed by atoms with Crippen molar-refractivity contribution in [1.82, 2.24) is 0 Å². The van der Waals surface area contributed by atoms with Gasteiger partial charge in [-0.2, -0.15) is 5.26 Å². The van der Waals surface area contributed by atoms with Crippen LogP contribution in [0.15, 0.2) is 22.7 Å². The highest BCUT2D eigenvalue weighted by Gasteiger charge is 2.50. The molecule has 1 fully saturated rings. The number of halogens is 2. The number of carbonyl (C=O) groups excluding carboxylic acids is 1. The third-order valence-electron chi connectivity index (χ3n) is 2.58. The Balaban J connectivity index is 2.16. The standard InChI is InChI=1S/C11H8BrFN2O/c12-8-5-7(13)1-2-9(8)15-10(16)11(6-14)3-4-11/h1-2,5H,3-4H2,(H,15,16). The molecule has 0 spiro atoms. The zero-order valence-corrected chi connectivity index (χ0v) is 9.84. The zero-order valence-electron chi connectivity index (χ0n) is 8.26. The molecular weight excluding hydrogens is 275 g/mol. The van der Waals surface area contributed by atoms with Crippen molar-refractivity contribution in [3.05, 3.63) is 28.5 Å². The van der Waals surface area contributed by atoms with E-state index in [2.05, 4.69) is 21.2 Å². The minimum absolute atomic E-state index is 0.317. The zero-order chi connectivity index (χ0) is 11.8. The lowest BCUT2D eigenvalue weighted by Crippen LogP contribution is -2.22. The molecule has 0 saturated heterocycles. The number of hydrogen-bond acceptors (Lipinski definition) is 2. The van der Waals surface area contributed by atoms with Gasteiger partial charge in [-0.3, -0.25) is 4.79 Å². The van der Waals surface area contributed by atoms with Crippen LogP contribution in [0.4, 0.5) is 10.1 Å². The maximum absolute atomic E-state index is 12.8. The topological polar surface area (TPSA) is 52.9 Å². The summed E-state index contributed by atoms with van der Waals surface area (Å²) in [5.74, 6) is -0.700. The summed E-state index contributed by atoms with van der Waals surface area (Å²) in [5, 5.41) is 11.5. The van der Waals surface area contributed by atoms with Gasteiger partial charge >= 0.3 is 0 Å². The van der Waals surface area contributed by atoms with Crippen LogP contribution in [-0.4, -0.2) is 5.91 Å². The molecule has 1 amide bonds. The molecule has 1 aliphatic carbocycles. The first-order valence-corrected chi connectivity index (χ1v) is 5.54. The fraction of sp³-hybridized carbons (Fsp3) is 0.273. The lowest BCUT2D eigenvalue weighted by atomic mass is 10.1. The molecule has 0 aliphatic heterocycles. The fourth-order valence-corrected chi connectivity index (χ4v) is 1.80. The molecule has 0 unspecified atom stereocenters. The first-order chi connectivity index (χ1) is 7.57. The van der Waals surface area contributed by atoms with E-state index >= 15 is 0 Å². The molecule has 3 nitrogen and oxygen atoms in total. The number of nitrogens with one attached hydrogen (secondary N) is 1. The Hall–Kier alpha value is -1.41. The molecule has 1 N–H and O–H groups in total. The number of carbonyl (C=O) groups is 1. The van der Waals surface area contributed by atoms with Crippen LogP contribution in [0.2, 0.25) is 0 Å². The Labute approximate surface area is 100 Å². The van der Waals surface area contributed by atoms with Gasteiger partial charge in [-0.15, -0.1) is 0 Å². The maximum Gasteiger partial charge on any atom is 0.244 e. The summed E-state index contributed by atoms with van der Waals surface area (Å²) in [6, 6.07) is 5.99. The smallest absolute Gasteiger partial charge is 0.244 e. The summed E-state index contributed by atoms with van der Waals surface area (Å²) < 4.78 is 13.3. The van der Waals surface area contributed by atoms with Crippen molar-refractivity contribution in [1.29, 1.82) is 5.26 Å². The van der Waals surface area contributed by atoms with Gasteiger partial charge in [-0.05, 0) is 47.0 Å². The highest BCUT2D eigenvalue weighted by molar-refractivity contribution is 9.10. The maximum atomic E-state index is 12.8. The largest absolute Gasteiger partial charge is 0.324 e. The van der Waals surface area contributed by atoms with Crippen molar-refractivity contribution in [2.75, 3.05) is 5.32 Å². The summed E-state index contributed by atoms with van der Waals surface area (Å²) in [6.07, 6.45) is 1.18. The third kappa shape index (κ3) is 1.93. The van der Waals surface area contributed by atoms with E-state index in [9.17, 15) is 9.18 Å². The number of benzene rings is 1. The van der Waals surface area contributed by atoms with Gasteiger partial charge in [0, 0.05) is 4.47 Å². The Bertz CT molecular complexity index is 491. The second-order valence-corrected chi connectivity index (χ2v) is 4.63. The molecule has 1 aromatic carbocycles. The summed E-state index contributed by atoms with van der Waals surface area (Å²) in [7, 11) is 0. The molecular formula is C11H8BrFN2O. The summed E-state index contributed by atoms with van der Waals surface area (Å²) in [5.41, 5.74) is -0.388. The van der Waals surface area contributed by atoms with Crippen LogP contribution in [0.1, 0.15) is 12.8 Å². The van der Waals surface area contributed by atoms with E-state index in [1.54, 1.807) is 0 Å².